The van der Waals surface area contributed by atoms with E-state index in [-0.39, 0.29) is 23.2 Å². The molecule has 0 saturated carbocycles. The summed E-state index contributed by atoms with van der Waals surface area (Å²) in [6, 6.07) is 3.27. The fourth-order valence-electron chi connectivity index (χ4n) is 2.63. The number of nitrogens with zero attached hydrogens (tertiary/aromatic N) is 4. The molecule has 11 heteroatoms. The van der Waals surface area contributed by atoms with Crippen LogP contribution in [0.3, 0.4) is 0 Å². The Morgan fingerprint density at radius 1 is 1.28 bits per heavy atom. The quantitative estimate of drug-likeness (QED) is 0.601. The van der Waals surface area contributed by atoms with Gasteiger partial charge >= 0.3 is 0 Å². The second kappa shape index (κ2) is 8.15. The zero-order valence-electron chi connectivity index (χ0n) is 15.8. The summed E-state index contributed by atoms with van der Waals surface area (Å²) in [5, 5.41) is -0.245. The van der Waals surface area contributed by atoms with Gasteiger partial charge in [-0.2, -0.15) is 4.99 Å². The molecule has 3 rings (SSSR count). The van der Waals surface area contributed by atoms with Gasteiger partial charge in [-0.15, -0.1) is 0 Å². The van der Waals surface area contributed by atoms with Crippen molar-refractivity contribution in [3.05, 3.63) is 57.7 Å². The monoisotopic (exact) mass is 486 g/mol. The zero-order chi connectivity index (χ0) is 21.3. The number of amidine groups is 1. The first-order valence-electron chi connectivity index (χ1n) is 8.38. The highest BCUT2D eigenvalue weighted by Gasteiger charge is 2.24. The Balaban J connectivity index is 1.79. The number of hydrogen-bond donors (Lipinski definition) is 0. The van der Waals surface area contributed by atoms with Gasteiger partial charge in [-0.3, -0.25) is 0 Å². The van der Waals surface area contributed by atoms with E-state index >= 15 is 0 Å². The molecule has 0 amide bonds. The number of aryl methyl sites for hydroxylation is 1. The number of aliphatic imine (C=N–C) groups is 1. The van der Waals surface area contributed by atoms with Crippen molar-refractivity contribution in [2.45, 2.75) is 25.6 Å². The number of sulfone groups is 1. The second-order valence-corrected chi connectivity index (χ2v) is 9.24. The fraction of sp³-hybridized carbons (Fsp3) is 0.278. The molecular formula is C18H17BrF2N4O3S. The van der Waals surface area contributed by atoms with Crippen LogP contribution in [0.5, 0.6) is 0 Å². The maximum atomic E-state index is 13.8. The van der Waals surface area contributed by atoms with E-state index in [1.807, 2.05) is 0 Å². The SMILES string of the molecule is CC1=NC(OCc2ccc(F)cc2F)=C(Br)CN1c1cnc(S(C)(=O)=O)nc1C. The number of halogens is 3. The van der Waals surface area contributed by atoms with Crippen LogP contribution in [-0.4, -0.2) is 37.0 Å². The molecule has 7 nitrogen and oxygen atoms in total. The minimum absolute atomic E-state index is 0.113. The first kappa shape index (κ1) is 21.3. The molecule has 0 radical (unpaired) electrons. The average Bonchev–Trinajstić information content (AvgIpc) is 2.62. The molecule has 1 aromatic heterocycles. The summed E-state index contributed by atoms with van der Waals surface area (Å²) >= 11 is 3.41. The molecule has 0 N–H and O–H groups in total. The van der Waals surface area contributed by atoms with Crippen molar-refractivity contribution >= 4 is 37.3 Å². The molecule has 1 aliphatic rings. The topological polar surface area (TPSA) is 84.8 Å². The van der Waals surface area contributed by atoms with Crippen LogP contribution in [0.15, 0.2) is 44.9 Å². The third-order valence-corrected chi connectivity index (χ3v) is 5.57. The number of hydrogen-bond acceptors (Lipinski definition) is 7. The standard InChI is InChI=1S/C18H17BrF2N4O3S/c1-10-16(7-22-18(23-10)29(3,26)27)25-8-14(19)17(24-11(25)2)28-9-12-4-5-13(20)6-15(12)21/h4-7H,8-9H2,1-3H3. The Morgan fingerprint density at radius 3 is 2.62 bits per heavy atom. The van der Waals surface area contributed by atoms with E-state index in [4.69, 9.17) is 4.74 Å². The van der Waals surface area contributed by atoms with Crippen molar-refractivity contribution in [1.29, 1.82) is 0 Å². The molecule has 0 saturated heterocycles. The second-order valence-electron chi connectivity index (χ2n) is 6.38. The lowest BCUT2D eigenvalue weighted by Crippen LogP contribution is -2.34. The largest absolute Gasteiger partial charge is 0.472 e. The minimum atomic E-state index is -3.51. The molecule has 0 atom stereocenters. The van der Waals surface area contributed by atoms with Crippen molar-refractivity contribution in [2.24, 2.45) is 4.99 Å². The highest BCUT2D eigenvalue weighted by molar-refractivity contribution is 9.11. The van der Waals surface area contributed by atoms with Crippen molar-refractivity contribution in [1.82, 2.24) is 9.97 Å². The lowest BCUT2D eigenvalue weighted by molar-refractivity contribution is 0.191. The van der Waals surface area contributed by atoms with Gasteiger partial charge in [0.2, 0.25) is 20.9 Å². The molecule has 29 heavy (non-hydrogen) atoms. The fourth-order valence-corrected chi connectivity index (χ4v) is 3.63. The zero-order valence-corrected chi connectivity index (χ0v) is 18.2. The van der Waals surface area contributed by atoms with Crippen LogP contribution in [0.4, 0.5) is 14.5 Å². The van der Waals surface area contributed by atoms with E-state index in [0.717, 1.165) is 18.4 Å². The Morgan fingerprint density at radius 2 is 2.00 bits per heavy atom. The molecule has 1 aromatic carbocycles. The summed E-state index contributed by atoms with van der Waals surface area (Å²) < 4.78 is 56.2. The maximum Gasteiger partial charge on any atom is 0.247 e. The van der Waals surface area contributed by atoms with E-state index in [9.17, 15) is 17.2 Å². The van der Waals surface area contributed by atoms with Crippen LogP contribution in [0.25, 0.3) is 0 Å². The lowest BCUT2D eigenvalue weighted by Gasteiger charge is -2.29. The van der Waals surface area contributed by atoms with Crippen molar-refractivity contribution in [2.75, 3.05) is 17.7 Å². The molecule has 0 aliphatic carbocycles. The summed E-state index contributed by atoms with van der Waals surface area (Å²) in [5.41, 5.74) is 1.28. The summed E-state index contributed by atoms with van der Waals surface area (Å²) in [6.07, 6.45) is 2.47. The normalized spacial score (nSPS) is 14.8. The predicted octanol–water partition coefficient (Wildman–Crippen LogP) is 3.49. The minimum Gasteiger partial charge on any atom is -0.472 e. The lowest BCUT2D eigenvalue weighted by atomic mass is 10.2. The smallest absolute Gasteiger partial charge is 0.247 e. The first-order chi connectivity index (χ1) is 13.6. The summed E-state index contributed by atoms with van der Waals surface area (Å²) in [5.74, 6) is -0.526. The third kappa shape index (κ3) is 4.78. The summed E-state index contributed by atoms with van der Waals surface area (Å²) in [6.45, 7) is 3.64. The molecule has 0 unspecified atom stereocenters. The van der Waals surface area contributed by atoms with E-state index in [0.29, 0.717) is 28.2 Å². The van der Waals surface area contributed by atoms with Crippen LogP contribution in [0.1, 0.15) is 18.2 Å². The van der Waals surface area contributed by atoms with E-state index in [1.165, 1.54) is 12.3 Å². The van der Waals surface area contributed by atoms with Crippen LogP contribution >= 0.6 is 15.9 Å². The summed E-state index contributed by atoms with van der Waals surface area (Å²) in [4.78, 5) is 14.2. The molecule has 154 valence electrons. The van der Waals surface area contributed by atoms with Gasteiger partial charge < -0.3 is 9.64 Å². The van der Waals surface area contributed by atoms with Gasteiger partial charge in [-0.05, 0) is 41.9 Å². The molecule has 0 bridgehead atoms. The van der Waals surface area contributed by atoms with Gasteiger partial charge in [-0.25, -0.2) is 27.2 Å². The van der Waals surface area contributed by atoms with Gasteiger partial charge in [0, 0.05) is 17.9 Å². The van der Waals surface area contributed by atoms with Crippen molar-refractivity contribution in [3.63, 3.8) is 0 Å². The van der Waals surface area contributed by atoms with Gasteiger partial charge in [-0.1, -0.05) is 0 Å². The van der Waals surface area contributed by atoms with Crippen LogP contribution in [0, 0.1) is 18.6 Å². The van der Waals surface area contributed by atoms with Crippen molar-refractivity contribution in [3.8, 4) is 0 Å². The van der Waals surface area contributed by atoms with Gasteiger partial charge in [0.05, 0.1) is 28.6 Å². The van der Waals surface area contributed by atoms with Gasteiger partial charge in [0.15, 0.2) is 0 Å². The molecular weight excluding hydrogens is 470 g/mol. The van der Waals surface area contributed by atoms with Crippen LogP contribution in [0.2, 0.25) is 0 Å². The predicted molar refractivity (Wildman–Crippen MR) is 107 cm³/mol. The third-order valence-electron chi connectivity index (χ3n) is 4.12. The molecule has 2 heterocycles. The van der Waals surface area contributed by atoms with Gasteiger partial charge in [0.1, 0.15) is 24.1 Å². The average molecular weight is 487 g/mol. The van der Waals surface area contributed by atoms with Crippen LogP contribution in [-0.2, 0) is 21.2 Å². The highest BCUT2D eigenvalue weighted by atomic mass is 79.9. The van der Waals surface area contributed by atoms with E-state index in [1.54, 1.807) is 18.7 Å². The Hall–Kier alpha value is -2.40. The first-order valence-corrected chi connectivity index (χ1v) is 11.1. The highest BCUT2D eigenvalue weighted by Crippen LogP contribution is 2.28. The molecule has 0 fully saturated rings. The Labute approximate surface area is 175 Å². The number of rotatable bonds is 5. The van der Waals surface area contributed by atoms with Crippen LogP contribution < -0.4 is 4.90 Å². The molecule has 2 aromatic rings. The number of ether oxygens (including phenoxy) is 1. The molecule has 0 spiro atoms. The van der Waals surface area contributed by atoms with E-state index < -0.39 is 21.5 Å². The van der Waals surface area contributed by atoms with E-state index in [2.05, 4.69) is 30.9 Å². The van der Waals surface area contributed by atoms with Gasteiger partial charge in [0.25, 0.3) is 0 Å². The van der Waals surface area contributed by atoms with Crippen molar-refractivity contribution < 1.29 is 21.9 Å². The maximum absolute atomic E-state index is 13.8. The number of aromatic nitrogens is 2. The number of anilines is 1. The molecule has 1 aliphatic heterocycles. The Bertz CT molecular complexity index is 1140. The summed E-state index contributed by atoms with van der Waals surface area (Å²) in [7, 11) is -3.51. The Kier molecular flexibility index (Phi) is 5.99. The number of benzene rings is 1.